The zero-order valence-electron chi connectivity index (χ0n) is 17.3. The fourth-order valence-electron chi connectivity index (χ4n) is 3.75. The third-order valence-electron chi connectivity index (χ3n) is 5.41. The fraction of sp³-hybridized carbons (Fsp3) is 0.364. The number of methoxy groups -OCH3 is 1. The molecule has 0 aromatic heterocycles. The van der Waals surface area contributed by atoms with Crippen molar-refractivity contribution < 1.29 is 19.2 Å². The Morgan fingerprint density at radius 1 is 1.23 bits per heavy atom. The van der Waals surface area contributed by atoms with Crippen LogP contribution in [0.2, 0.25) is 0 Å². The molecule has 1 aliphatic rings. The van der Waals surface area contributed by atoms with E-state index in [0.29, 0.717) is 5.69 Å². The average molecular weight is 411 g/mol. The number of amides is 2. The number of carbonyl (C=O) groups is 2. The van der Waals surface area contributed by atoms with Crippen LogP contribution in [0.15, 0.2) is 36.4 Å². The van der Waals surface area contributed by atoms with Crippen molar-refractivity contribution in [1.82, 2.24) is 0 Å². The molecule has 8 heteroatoms. The second-order valence-electron chi connectivity index (χ2n) is 7.17. The van der Waals surface area contributed by atoms with Crippen molar-refractivity contribution in [3.05, 3.63) is 57.6 Å². The largest absolute Gasteiger partial charge is 0.494 e. The van der Waals surface area contributed by atoms with Crippen LogP contribution in [0.4, 0.5) is 17.1 Å². The molecule has 2 amide bonds. The molecular weight excluding hydrogens is 386 g/mol. The Kier molecular flexibility index (Phi) is 6.34. The molecule has 30 heavy (non-hydrogen) atoms. The molecule has 1 aliphatic heterocycles. The Hall–Kier alpha value is -3.42. The molecule has 1 fully saturated rings. The average Bonchev–Trinajstić information content (AvgIpc) is 3.14. The topological polar surface area (TPSA) is 102 Å². The van der Waals surface area contributed by atoms with Crippen molar-refractivity contribution in [2.75, 3.05) is 23.9 Å². The molecule has 0 aliphatic carbocycles. The van der Waals surface area contributed by atoms with Crippen molar-refractivity contribution >= 4 is 28.9 Å². The molecule has 0 saturated carbocycles. The van der Waals surface area contributed by atoms with Crippen LogP contribution in [0.25, 0.3) is 0 Å². The minimum absolute atomic E-state index is 0.0712. The molecule has 158 valence electrons. The zero-order chi connectivity index (χ0) is 21.8. The van der Waals surface area contributed by atoms with Gasteiger partial charge in [0.1, 0.15) is 5.75 Å². The minimum atomic E-state index is -0.523. The van der Waals surface area contributed by atoms with Gasteiger partial charge in [0.25, 0.3) is 5.69 Å². The Morgan fingerprint density at radius 3 is 2.47 bits per heavy atom. The summed E-state index contributed by atoms with van der Waals surface area (Å²) < 4.78 is 5.25. The predicted molar refractivity (Wildman–Crippen MR) is 114 cm³/mol. The lowest BCUT2D eigenvalue weighted by Gasteiger charge is -2.20. The number of ether oxygens (including phenoxy) is 1. The number of nitrogens with one attached hydrogen (secondary N) is 1. The highest BCUT2D eigenvalue weighted by atomic mass is 16.6. The molecule has 3 rings (SSSR count). The summed E-state index contributed by atoms with van der Waals surface area (Å²) in [6.45, 7) is 4.26. The number of hydrogen-bond donors (Lipinski definition) is 1. The Bertz CT molecular complexity index is 966. The minimum Gasteiger partial charge on any atom is -0.494 e. The molecule has 1 atom stereocenters. The molecule has 1 N–H and O–H groups in total. The summed E-state index contributed by atoms with van der Waals surface area (Å²) in [4.78, 5) is 37.5. The summed E-state index contributed by atoms with van der Waals surface area (Å²) >= 11 is 0. The molecule has 8 nitrogen and oxygen atoms in total. The van der Waals surface area contributed by atoms with Crippen molar-refractivity contribution in [1.29, 1.82) is 0 Å². The van der Waals surface area contributed by atoms with Crippen LogP contribution >= 0.6 is 0 Å². The maximum atomic E-state index is 13.0. The molecule has 0 spiro atoms. The summed E-state index contributed by atoms with van der Waals surface area (Å²) in [6.07, 6.45) is 1.65. The van der Waals surface area contributed by atoms with E-state index >= 15 is 0 Å². The van der Waals surface area contributed by atoms with E-state index in [1.165, 1.54) is 30.2 Å². The second-order valence-corrected chi connectivity index (χ2v) is 7.17. The second kappa shape index (κ2) is 8.94. The van der Waals surface area contributed by atoms with Crippen molar-refractivity contribution in [2.24, 2.45) is 5.92 Å². The van der Waals surface area contributed by atoms with Gasteiger partial charge in [0.2, 0.25) is 11.8 Å². The Morgan fingerprint density at radius 2 is 1.90 bits per heavy atom. The summed E-state index contributed by atoms with van der Waals surface area (Å²) in [6, 6.07) is 10.0. The standard InChI is InChI=1S/C22H25N3O5/c1-4-14-7-6-8-15(5-2)21(14)23-22(27)16-11-20(26)24(13-16)18-10-9-17(25(28)29)12-19(18)30-3/h6-10,12,16H,4-5,11,13H2,1-3H3,(H,23,27)/t16-/m1/s1. The molecule has 2 aromatic carbocycles. The highest BCUT2D eigenvalue weighted by molar-refractivity contribution is 6.04. The number of aryl methyl sites for hydroxylation is 2. The van der Waals surface area contributed by atoms with Gasteiger partial charge in [-0.05, 0) is 30.0 Å². The number of non-ortho nitro benzene ring substituents is 1. The van der Waals surface area contributed by atoms with E-state index in [1.807, 2.05) is 32.0 Å². The summed E-state index contributed by atoms with van der Waals surface area (Å²) in [7, 11) is 1.39. The van der Waals surface area contributed by atoms with Crippen LogP contribution in [0.1, 0.15) is 31.4 Å². The van der Waals surface area contributed by atoms with Gasteiger partial charge < -0.3 is 15.0 Å². The van der Waals surface area contributed by atoms with Crippen molar-refractivity contribution in [3.8, 4) is 5.75 Å². The van der Waals surface area contributed by atoms with E-state index in [1.54, 1.807) is 0 Å². The monoisotopic (exact) mass is 411 g/mol. The van der Waals surface area contributed by atoms with Crippen LogP contribution in [-0.4, -0.2) is 30.4 Å². The third kappa shape index (κ3) is 4.12. The molecule has 0 bridgehead atoms. The van der Waals surface area contributed by atoms with Gasteiger partial charge in [0.05, 0.1) is 29.7 Å². The van der Waals surface area contributed by atoms with E-state index < -0.39 is 10.8 Å². The first kappa shape index (κ1) is 21.3. The van der Waals surface area contributed by atoms with Gasteiger partial charge in [-0.2, -0.15) is 0 Å². The van der Waals surface area contributed by atoms with Gasteiger partial charge >= 0.3 is 0 Å². The lowest BCUT2D eigenvalue weighted by atomic mass is 10.0. The van der Waals surface area contributed by atoms with Gasteiger partial charge in [0, 0.05) is 24.7 Å². The molecular formula is C22H25N3O5. The summed E-state index contributed by atoms with van der Waals surface area (Å²) in [5, 5.41) is 14.0. The van der Waals surface area contributed by atoms with Gasteiger partial charge in [-0.3, -0.25) is 19.7 Å². The highest BCUT2D eigenvalue weighted by Crippen LogP contribution is 2.36. The number of carbonyl (C=O) groups excluding carboxylic acids is 2. The van der Waals surface area contributed by atoms with Gasteiger partial charge in [-0.1, -0.05) is 32.0 Å². The lowest BCUT2D eigenvalue weighted by molar-refractivity contribution is -0.384. The summed E-state index contributed by atoms with van der Waals surface area (Å²) in [5.41, 5.74) is 3.24. The number of nitro benzene ring substituents is 1. The zero-order valence-corrected chi connectivity index (χ0v) is 17.3. The molecule has 0 unspecified atom stereocenters. The summed E-state index contributed by atoms with van der Waals surface area (Å²) in [5.74, 6) is -0.723. The molecule has 1 saturated heterocycles. The lowest BCUT2D eigenvalue weighted by Crippen LogP contribution is -2.29. The number of nitrogens with zero attached hydrogens (tertiary/aromatic N) is 2. The van der Waals surface area contributed by atoms with Crippen molar-refractivity contribution in [2.45, 2.75) is 33.1 Å². The van der Waals surface area contributed by atoms with Crippen LogP contribution in [0, 0.1) is 16.0 Å². The number of para-hydroxylation sites is 1. The van der Waals surface area contributed by atoms with E-state index in [-0.39, 0.29) is 36.2 Å². The van der Waals surface area contributed by atoms with E-state index in [2.05, 4.69) is 5.32 Å². The molecule has 2 aromatic rings. The first-order valence-corrected chi connectivity index (χ1v) is 9.93. The quantitative estimate of drug-likeness (QED) is 0.553. The van der Waals surface area contributed by atoms with E-state index in [9.17, 15) is 19.7 Å². The van der Waals surface area contributed by atoms with E-state index in [4.69, 9.17) is 4.74 Å². The number of rotatable bonds is 7. The highest BCUT2D eigenvalue weighted by Gasteiger charge is 2.37. The number of hydrogen-bond acceptors (Lipinski definition) is 5. The van der Waals surface area contributed by atoms with Crippen molar-refractivity contribution in [3.63, 3.8) is 0 Å². The molecule has 0 radical (unpaired) electrons. The first-order chi connectivity index (χ1) is 14.4. The Labute approximate surface area is 175 Å². The number of anilines is 2. The predicted octanol–water partition coefficient (Wildman–Crippen LogP) is 3.72. The van der Waals surface area contributed by atoms with Gasteiger partial charge in [0.15, 0.2) is 0 Å². The van der Waals surface area contributed by atoms with Crippen LogP contribution < -0.4 is 15.0 Å². The van der Waals surface area contributed by atoms with Gasteiger partial charge in [-0.25, -0.2) is 0 Å². The maximum Gasteiger partial charge on any atom is 0.273 e. The smallest absolute Gasteiger partial charge is 0.273 e. The normalized spacial score (nSPS) is 15.9. The maximum absolute atomic E-state index is 13.0. The third-order valence-corrected chi connectivity index (χ3v) is 5.41. The van der Waals surface area contributed by atoms with Crippen LogP contribution in [-0.2, 0) is 22.4 Å². The van der Waals surface area contributed by atoms with Gasteiger partial charge in [-0.15, -0.1) is 0 Å². The van der Waals surface area contributed by atoms with Crippen LogP contribution in [0.3, 0.4) is 0 Å². The fourth-order valence-corrected chi connectivity index (χ4v) is 3.75. The Balaban J connectivity index is 1.81. The van der Waals surface area contributed by atoms with E-state index in [0.717, 1.165) is 29.7 Å². The number of benzene rings is 2. The molecule has 1 heterocycles. The number of nitro groups is 1. The first-order valence-electron chi connectivity index (χ1n) is 9.93. The van der Waals surface area contributed by atoms with Crippen LogP contribution in [0.5, 0.6) is 5.75 Å². The SMILES string of the molecule is CCc1cccc(CC)c1NC(=O)[C@@H]1CC(=O)N(c2ccc([N+](=O)[O-])cc2OC)C1.